The first-order valence-electron chi connectivity index (χ1n) is 9.64. The normalized spacial score (nSPS) is 57.8. The summed E-state index contributed by atoms with van der Waals surface area (Å²) < 4.78 is 21.5. The number of aliphatic hydroxyl groups is 1. The predicted molar refractivity (Wildman–Crippen MR) is 83.8 cm³/mol. The summed E-state index contributed by atoms with van der Waals surface area (Å²) in [4.78, 5) is 25.1. The fourth-order valence-corrected chi connectivity index (χ4v) is 7.12. The average molecular weight is 332 g/mol. The van der Waals surface area contributed by atoms with E-state index >= 15 is 0 Å². The van der Waals surface area contributed by atoms with Crippen molar-refractivity contribution >= 4 is 11.9 Å². The van der Waals surface area contributed by atoms with Crippen molar-refractivity contribution < 1.29 is 27.3 Å². The fourth-order valence-electron chi connectivity index (χ4n) is 7.12. The smallest absolute Gasteiger partial charge is 0.316 e. The molecule has 1 saturated heterocycles. The topological polar surface area (TPSA) is 83.8 Å². The minimum atomic E-state index is -1.27. The molecule has 5 nitrogen and oxygen atoms in total. The highest BCUT2D eigenvalue weighted by Gasteiger charge is 2.82. The van der Waals surface area contributed by atoms with Gasteiger partial charge in [-0.1, -0.05) is 18.7 Å². The number of esters is 1. The Labute approximate surface area is 143 Å². The molecular weight excluding hydrogens is 308 g/mol. The van der Waals surface area contributed by atoms with Gasteiger partial charge in [-0.3, -0.25) is 9.59 Å². The van der Waals surface area contributed by atoms with Gasteiger partial charge in [-0.15, -0.1) is 0 Å². The highest BCUT2D eigenvalue weighted by atomic mass is 16.6. The lowest BCUT2D eigenvalue weighted by molar-refractivity contribution is -0.162. The Hall–Kier alpha value is -1.62. The van der Waals surface area contributed by atoms with Crippen molar-refractivity contribution in [2.45, 2.75) is 50.2 Å². The van der Waals surface area contributed by atoms with Gasteiger partial charge in [-0.25, -0.2) is 0 Å². The Balaban J connectivity index is 1.76. The molecule has 1 heterocycles. The lowest BCUT2D eigenvalue weighted by Gasteiger charge is -2.45. The van der Waals surface area contributed by atoms with E-state index < -0.39 is 46.4 Å². The summed E-state index contributed by atoms with van der Waals surface area (Å²) in [6.07, 6.45) is 5.64. The predicted octanol–water partition coefficient (Wildman–Crippen LogP) is 2.06. The maximum atomic E-state index is 12.7. The summed E-state index contributed by atoms with van der Waals surface area (Å²) in [7, 11) is 0. The number of rotatable bonds is 1. The van der Waals surface area contributed by atoms with Crippen LogP contribution in [0.2, 0.25) is 0 Å². The highest BCUT2D eigenvalue weighted by molar-refractivity contribution is 5.86. The van der Waals surface area contributed by atoms with Crippen LogP contribution in [0.5, 0.6) is 0 Å². The molecular formula is C19H22O5. The van der Waals surface area contributed by atoms with Crippen molar-refractivity contribution in [3.63, 3.8) is 0 Å². The number of hydrogen-bond acceptors (Lipinski definition) is 4. The largest absolute Gasteiger partial charge is 0.481 e. The number of ether oxygens (including phenoxy) is 1. The standard InChI is InChI=1S/C19H22O5/c1-10-8-17-9-18(10,23)7-4-11(17)19-6-3-5-16(2,15(22)24-19)13(19)12(17)14(20)21/h3,5,11-13,23H,1,4,6-9H2,2H3,(H,20,21)/t11-,12-,13-,16-,17+,18+,19-/m1/s1/i1D2. The van der Waals surface area contributed by atoms with E-state index in [0.717, 1.165) is 0 Å². The Kier molecular flexibility index (Phi) is 2.01. The van der Waals surface area contributed by atoms with Crippen LogP contribution in [0, 0.1) is 28.6 Å². The molecule has 4 bridgehead atoms. The zero-order valence-corrected chi connectivity index (χ0v) is 13.5. The summed E-state index contributed by atoms with van der Waals surface area (Å²) in [5.74, 6) is -2.81. The van der Waals surface area contributed by atoms with E-state index in [0.29, 0.717) is 24.8 Å². The molecule has 4 aliphatic carbocycles. The van der Waals surface area contributed by atoms with Gasteiger partial charge in [0.1, 0.15) is 5.60 Å². The molecule has 1 spiro atoms. The molecule has 0 radical (unpaired) electrons. The third kappa shape index (κ3) is 1.25. The Bertz CT molecular complexity index is 817. The molecule has 1 aliphatic heterocycles. The van der Waals surface area contributed by atoms with Crippen LogP contribution in [0.15, 0.2) is 24.3 Å². The SMILES string of the molecule is [2H]C([2H])=C1C[C@]23C[C@@]1(O)CC[C@H]2[C@@]12CC=C[C@@](C)(C(=O)O1)[C@H]2[C@@H]3C(=O)O. The Morgan fingerprint density at radius 1 is 1.54 bits per heavy atom. The lowest BCUT2D eigenvalue weighted by atomic mass is 9.62. The number of carboxylic acids is 1. The summed E-state index contributed by atoms with van der Waals surface area (Å²) in [6.45, 7) is 1.35. The molecule has 5 aliphatic rings. The van der Waals surface area contributed by atoms with Crippen LogP contribution >= 0.6 is 0 Å². The monoisotopic (exact) mass is 332 g/mol. The van der Waals surface area contributed by atoms with E-state index in [4.69, 9.17) is 7.48 Å². The van der Waals surface area contributed by atoms with Crippen molar-refractivity contribution in [2.24, 2.45) is 28.6 Å². The zero-order chi connectivity index (χ0) is 18.7. The van der Waals surface area contributed by atoms with Crippen LogP contribution in [0.4, 0.5) is 0 Å². The quantitative estimate of drug-likeness (QED) is 0.567. The molecule has 3 saturated carbocycles. The van der Waals surface area contributed by atoms with Gasteiger partial charge in [0, 0.05) is 18.3 Å². The Morgan fingerprint density at radius 2 is 2.33 bits per heavy atom. The number of carboxylic acid groups (broad SMARTS) is 1. The van der Waals surface area contributed by atoms with E-state index in [1.165, 1.54) is 0 Å². The van der Waals surface area contributed by atoms with E-state index in [-0.39, 0.29) is 24.7 Å². The van der Waals surface area contributed by atoms with Gasteiger partial charge >= 0.3 is 11.9 Å². The first-order chi connectivity index (χ1) is 12.1. The first kappa shape index (κ1) is 12.7. The molecule has 0 unspecified atom stereocenters. The van der Waals surface area contributed by atoms with Gasteiger partial charge in [-0.05, 0) is 43.6 Å². The van der Waals surface area contributed by atoms with Gasteiger partial charge in [-0.2, -0.15) is 0 Å². The molecule has 7 atom stereocenters. The van der Waals surface area contributed by atoms with E-state index in [2.05, 4.69) is 0 Å². The average Bonchev–Trinajstić information content (AvgIpc) is 2.96. The van der Waals surface area contributed by atoms with Crippen LogP contribution in [0.25, 0.3) is 0 Å². The second-order valence-electron chi connectivity index (χ2n) is 8.72. The molecule has 0 amide bonds. The maximum Gasteiger partial charge on any atom is 0.316 e. The molecule has 5 rings (SSSR count). The number of hydrogen-bond donors (Lipinski definition) is 2. The number of carbonyl (C=O) groups is 2. The number of fused-ring (bicyclic) bond motifs is 1. The second kappa shape index (κ2) is 3.79. The number of carbonyl (C=O) groups excluding carboxylic acids is 1. The lowest BCUT2D eigenvalue weighted by Crippen LogP contribution is -2.47. The first-order valence-corrected chi connectivity index (χ1v) is 8.64. The molecule has 0 aromatic carbocycles. The molecule has 128 valence electrons. The van der Waals surface area contributed by atoms with E-state index in [1.54, 1.807) is 13.0 Å². The van der Waals surface area contributed by atoms with Crippen molar-refractivity contribution in [1.29, 1.82) is 0 Å². The molecule has 0 aromatic heterocycles. The van der Waals surface area contributed by atoms with Gasteiger partial charge in [0.05, 0.1) is 19.7 Å². The molecule has 2 N–H and O–H groups in total. The third-order valence-electron chi connectivity index (χ3n) is 7.83. The highest BCUT2D eigenvalue weighted by Crippen LogP contribution is 2.77. The van der Waals surface area contributed by atoms with E-state index in [9.17, 15) is 19.8 Å². The summed E-state index contributed by atoms with van der Waals surface area (Å²) in [5.41, 5.74) is -3.50. The summed E-state index contributed by atoms with van der Waals surface area (Å²) >= 11 is 0. The van der Waals surface area contributed by atoms with Gasteiger partial charge < -0.3 is 14.9 Å². The third-order valence-corrected chi connectivity index (χ3v) is 7.83. The minimum Gasteiger partial charge on any atom is -0.481 e. The Morgan fingerprint density at radius 3 is 3.04 bits per heavy atom. The van der Waals surface area contributed by atoms with Crippen LogP contribution in [-0.2, 0) is 14.3 Å². The van der Waals surface area contributed by atoms with Gasteiger partial charge in [0.2, 0.25) is 0 Å². The van der Waals surface area contributed by atoms with Crippen LogP contribution < -0.4 is 0 Å². The van der Waals surface area contributed by atoms with Gasteiger partial charge in [0.25, 0.3) is 0 Å². The van der Waals surface area contributed by atoms with Crippen molar-refractivity contribution in [3.8, 4) is 0 Å². The van der Waals surface area contributed by atoms with Gasteiger partial charge in [0.15, 0.2) is 0 Å². The zero-order valence-electron chi connectivity index (χ0n) is 15.5. The van der Waals surface area contributed by atoms with Crippen LogP contribution in [0.1, 0.15) is 41.8 Å². The van der Waals surface area contributed by atoms with E-state index in [1.807, 2.05) is 6.08 Å². The molecule has 5 heteroatoms. The summed E-state index contributed by atoms with van der Waals surface area (Å²) in [5, 5.41) is 21.3. The van der Waals surface area contributed by atoms with Crippen molar-refractivity contribution in [2.75, 3.05) is 0 Å². The molecule has 0 aromatic rings. The van der Waals surface area contributed by atoms with Crippen LogP contribution in [0.3, 0.4) is 0 Å². The molecule has 4 fully saturated rings. The minimum absolute atomic E-state index is 0.172. The fraction of sp³-hybridized carbons (Fsp3) is 0.684. The summed E-state index contributed by atoms with van der Waals surface area (Å²) in [6, 6.07) is 0. The maximum absolute atomic E-state index is 12.7. The van der Waals surface area contributed by atoms with Crippen molar-refractivity contribution in [3.05, 3.63) is 24.3 Å². The van der Waals surface area contributed by atoms with Crippen LogP contribution in [-0.4, -0.2) is 33.4 Å². The number of aliphatic carboxylic acids is 1. The van der Waals surface area contributed by atoms with Crippen molar-refractivity contribution in [1.82, 2.24) is 0 Å². The second-order valence-corrected chi connectivity index (χ2v) is 8.72. The molecule has 24 heavy (non-hydrogen) atoms.